The van der Waals surface area contributed by atoms with Gasteiger partial charge in [0.1, 0.15) is 29.5 Å². The molecule has 0 aromatic heterocycles. The molecule has 1 heterocycles. The van der Waals surface area contributed by atoms with Gasteiger partial charge in [0.25, 0.3) is 0 Å². The summed E-state index contributed by atoms with van der Waals surface area (Å²) in [6, 6.07) is 13.0. The van der Waals surface area contributed by atoms with Crippen molar-refractivity contribution < 1.29 is 19.1 Å². The second-order valence-electron chi connectivity index (χ2n) is 11.3. The van der Waals surface area contributed by atoms with Gasteiger partial charge in [-0.3, -0.25) is 4.79 Å². The van der Waals surface area contributed by atoms with E-state index in [1.54, 1.807) is 24.3 Å². The zero-order valence-electron chi connectivity index (χ0n) is 21.8. The summed E-state index contributed by atoms with van der Waals surface area (Å²) in [6.45, 7) is 10.2. The van der Waals surface area contributed by atoms with E-state index in [4.69, 9.17) is 15.2 Å². The number of nitriles is 1. The second kappa shape index (κ2) is 9.16. The van der Waals surface area contributed by atoms with Gasteiger partial charge in [0.05, 0.1) is 12.7 Å². The average Bonchev–Trinajstić information content (AvgIpc) is 2.85. The molecule has 0 bridgehead atoms. The van der Waals surface area contributed by atoms with Gasteiger partial charge < -0.3 is 24.9 Å². The number of aldehydes is 1. The smallest absolute Gasteiger partial charge is 0.248 e. The quantitative estimate of drug-likeness (QED) is 0.560. The van der Waals surface area contributed by atoms with E-state index in [2.05, 4.69) is 38.7 Å². The number of methoxy groups -OCH3 is 1. The third-order valence-electron chi connectivity index (χ3n) is 8.09. The molecule has 2 N–H and O–H groups in total. The summed E-state index contributed by atoms with van der Waals surface area (Å²) < 4.78 is 12.4. The van der Waals surface area contributed by atoms with Crippen molar-refractivity contribution >= 4 is 17.9 Å². The molecule has 36 heavy (non-hydrogen) atoms. The highest BCUT2D eigenvalue weighted by Crippen LogP contribution is 2.69. The third-order valence-corrected chi connectivity index (χ3v) is 8.09. The number of nitrogens with zero attached hydrogens (tertiary/aromatic N) is 2. The van der Waals surface area contributed by atoms with E-state index >= 15 is 0 Å². The van der Waals surface area contributed by atoms with Crippen LogP contribution in [0, 0.1) is 28.1 Å². The lowest BCUT2D eigenvalue weighted by Gasteiger charge is -2.67. The molecule has 2 aromatic carbocycles. The van der Waals surface area contributed by atoms with Crippen LogP contribution in [0.25, 0.3) is 0 Å². The highest BCUT2D eigenvalue weighted by Gasteiger charge is 2.69. The van der Waals surface area contributed by atoms with Crippen molar-refractivity contribution in [2.75, 3.05) is 25.1 Å². The molecule has 1 amide bonds. The minimum atomic E-state index is -0.804. The van der Waals surface area contributed by atoms with E-state index in [0.29, 0.717) is 22.6 Å². The van der Waals surface area contributed by atoms with Crippen molar-refractivity contribution in [2.24, 2.45) is 22.5 Å². The number of piperidine rings is 1. The predicted molar refractivity (Wildman–Crippen MR) is 138 cm³/mol. The van der Waals surface area contributed by atoms with Crippen molar-refractivity contribution in [1.29, 1.82) is 5.26 Å². The van der Waals surface area contributed by atoms with E-state index in [1.807, 2.05) is 12.1 Å². The second-order valence-corrected chi connectivity index (χ2v) is 11.3. The van der Waals surface area contributed by atoms with Crippen molar-refractivity contribution in [2.45, 2.75) is 52.6 Å². The largest absolute Gasteiger partial charge is 0.495 e. The van der Waals surface area contributed by atoms with E-state index in [9.17, 15) is 14.9 Å². The molecule has 0 atom stereocenters. The Balaban J connectivity index is 1.90. The Morgan fingerprint density at radius 2 is 1.78 bits per heavy atom. The lowest BCUT2D eigenvalue weighted by molar-refractivity contribution is -0.237. The van der Waals surface area contributed by atoms with Gasteiger partial charge in [0.15, 0.2) is 0 Å². The molecule has 7 heteroatoms. The molecule has 2 fully saturated rings. The van der Waals surface area contributed by atoms with Crippen molar-refractivity contribution in [1.82, 2.24) is 0 Å². The Morgan fingerprint density at radius 3 is 2.31 bits per heavy atom. The van der Waals surface area contributed by atoms with Gasteiger partial charge in [-0.1, -0.05) is 27.7 Å². The summed E-state index contributed by atoms with van der Waals surface area (Å²) >= 11 is 0. The fourth-order valence-corrected chi connectivity index (χ4v) is 6.75. The molecule has 0 radical (unpaired) electrons. The van der Waals surface area contributed by atoms with Crippen molar-refractivity contribution in [3.05, 3.63) is 53.1 Å². The maximum absolute atomic E-state index is 12.3. The molecule has 1 saturated heterocycles. The first kappa shape index (κ1) is 25.6. The lowest BCUT2D eigenvalue weighted by atomic mass is 9.42. The van der Waals surface area contributed by atoms with Crippen LogP contribution < -0.4 is 20.1 Å². The molecule has 4 rings (SSSR count). The van der Waals surface area contributed by atoms with Crippen molar-refractivity contribution in [3.63, 3.8) is 0 Å². The number of benzene rings is 2. The molecule has 1 aliphatic carbocycles. The van der Waals surface area contributed by atoms with Gasteiger partial charge >= 0.3 is 0 Å². The Labute approximate surface area is 213 Å². The Hall–Kier alpha value is -3.53. The number of rotatable bonds is 7. The van der Waals surface area contributed by atoms with E-state index in [0.717, 1.165) is 49.9 Å². The number of anilines is 1. The molecule has 2 aliphatic rings. The molecule has 0 spiro atoms. The number of amides is 1. The summed E-state index contributed by atoms with van der Waals surface area (Å²) in [5, 5.41) is 9.43. The van der Waals surface area contributed by atoms with Crippen LogP contribution in [0.1, 0.15) is 68.4 Å². The summed E-state index contributed by atoms with van der Waals surface area (Å²) in [6.07, 6.45) is 3.53. The van der Waals surface area contributed by atoms with Crippen LogP contribution in [-0.2, 0) is 10.4 Å². The molecular weight excluding hydrogens is 454 g/mol. The van der Waals surface area contributed by atoms with Crippen LogP contribution >= 0.6 is 0 Å². The predicted octanol–water partition coefficient (Wildman–Crippen LogP) is 4.81. The fourth-order valence-electron chi connectivity index (χ4n) is 6.75. The molecule has 2 aromatic rings. The van der Waals surface area contributed by atoms with Crippen LogP contribution in [-0.4, -0.2) is 32.4 Å². The fraction of sp³-hybridized carbons (Fsp3) is 0.483. The number of hydrogen-bond acceptors (Lipinski definition) is 6. The molecule has 1 saturated carbocycles. The Bertz CT molecular complexity index is 1210. The van der Waals surface area contributed by atoms with Crippen LogP contribution in [0.2, 0.25) is 0 Å². The summed E-state index contributed by atoms with van der Waals surface area (Å²) in [5.74, 6) is 0.610. The summed E-state index contributed by atoms with van der Waals surface area (Å²) in [7, 11) is 1.53. The SMILES string of the molecule is COc1cc(OC2(c3cc(C(N)=O)ccc3N3CCC(C=O)CC3)C(C)(C)CC2(C)C)ccc1C#N. The maximum atomic E-state index is 12.3. The van der Waals surface area contributed by atoms with E-state index < -0.39 is 11.5 Å². The zero-order valence-corrected chi connectivity index (χ0v) is 21.8. The average molecular weight is 490 g/mol. The first-order chi connectivity index (χ1) is 17.0. The third kappa shape index (κ3) is 3.99. The highest BCUT2D eigenvalue weighted by molar-refractivity contribution is 5.93. The van der Waals surface area contributed by atoms with E-state index in [1.165, 1.54) is 7.11 Å². The summed E-state index contributed by atoms with van der Waals surface area (Å²) in [5.41, 5.74) is 7.11. The molecular formula is C29H35N3O4. The number of primary amides is 1. The van der Waals surface area contributed by atoms with Crippen LogP contribution in [0.15, 0.2) is 36.4 Å². The summed E-state index contributed by atoms with van der Waals surface area (Å²) in [4.78, 5) is 25.9. The van der Waals surface area contributed by atoms with Gasteiger partial charge in [-0.05, 0) is 49.6 Å². The first-order valence-electron chi connectivity index (χ1n) is 12.4. The normalized spacial score (nSPS) is 20.1. The maximum Gasteiger partial charge on any atom is 0.248 e. The lowest BCUT2D eigenvalue weighted by Crippen LogP contribution is -2.67. The first-order valence-corrected chi connectivity index (χ1v) is 12.4. The number of carbonyl (C=O) groups excluding carboxylic acids is 2. The number of carbonyl (C=O) groups is 2. The standard InChI is InChI=1S/C29H35N3O4/c1-27(2)18-28(3,4)29(27,36-22-8-6-21(16-30)25(15-22)35-5)23-14-20(26(31)34)7-9-24(23)32-12-10-19(17-33)11-13-32/h6-9,14-15,17,19H,10-13,18H2,1-5H3,(H2,31,34). The van der Waals surface area contributed by atoms with Gasteiger partial charge in [-0.2, -0.15) is 5.26 Å². The monoisotopic (exact) mass is 489 g/mol. The molecule has 7 nitrogen and oxygen atoms in total. The zero-order chi connectivity index (χ0) is 26.3. The molecule has 0 unspecified atom stereocenters. The molecule has 190 valence electrons. The molecule has 1 aliphatic heterocycles. The number of hydrogen-bond donors (Lipinski definition) is 1. The highest BCUT2D eigenvalue weighted by atomic mass is 16.5. The minimum absolute atomic E-state index is 0.0718. The van der Waals surface area contributed by atoms with Crippen LogP contribution in [0.4, 0.5) is 5.69 Å². The number of ether oxygens (including phenoxy) is 2. The van der Waals surface area contributed by atoms with Gasteiger partial charge in [-0.25, -0.2) is 0 Å². The van der Waals surface area contributed by atoms with Gasteiger partial charge in [0, 0.05) is 52.7 Å². The minimum Gasteiger partial charge on any atom is -0.495 e. The van der Waals surface area contributed by atoms with Crippen LogP contribution in [0.3, 0.4) is 0 Å². The Kier molecular flexibility index (Phi) is 6.51. The van der Waals surface area contributed by atoms with Gasteiger partial charge in [0.2, 0.25) is 5.91 Å². The van der Waals surface area contributed by atoms with Gasteiger partial charge in [-0.15, -0.1) is 0 Å². The number of nitrogens with two attached hydrogens (primary N) is 1. The van der Waals surface area contributed by atoms with Crippen LogP contribution in [0.5, 0.6) is 11.5 Å². The van der Waals surface area contributed by atoms with E-state index in [-0.39, 0.29) is 16.7 Å². The van der Waals surface area contributed by atoms with Crippen molar-refractivity contribution in [3.8, 4) is 17.6 Å². The Morgan fingerprint density at radius 1 is 1.11 bits per heavy atom. The topological polar surface area (TPSA) is 106 Å².